The zero-order valence-electron chi connectivity index (χ0n) is 12.6. The monoisotopic (exact) mass is 290 g/mol. The summed E-state index contributed by atoms with van der Waals surface area (Å²) < 4.78 is 5.70. The van der Waals surface area contributed by atoms with Crippen LogP contribution in [0.1, 0.15) is 35.4 Å². The molecule has 1 unspecified atom stereocenters. The van der Waals surface area contributed by atoms with Gasteiger partial charge in [0.1, 0.15) is 5.75 Å². The van der Waals surface area contributed by atoms with Crippen LogP contribution in [0, 0.1) is 29.6 Å². The van der Waals surface area contributed by atoms with Gasteiger partial charge in [0.25, 0.3) is 0 Å². The van der Waals surface area contributed by atoms with Crippen LogP contribution in [0.5, 0.6) is 5.75 Å². The highest BCUT2D eigenvalue weighted by Crippen LogP contribution is 2.22. The van der Waals surface area contributed by atoms with E-state index in [1.165, 1.54) is 5.56 Å². The lowest BCUT2D eigenvalue weighted by Gasteiger charge is -2.11. The molecule has 0 spiro atoms. The number of nitrogens with zero attached hydrogens (tertiary/aromatic N) is 2. The van der Waals surface area contributed by atoms with Gasteiger partial charge in [-0.1, -0.05) is 24.3 Å². The predicted octanol–water partition coefficient (Wildman–Crippen LogP) is 4.33. The maximum atomic E-state index is 9.32. The largest absolute Gasteiger partial charge is 0.494 e. The Bertz CT molecular complexity index is 710. The van der Waals surface area contributed by atoms with Crippen LogP contribution in [0.15, 0.2) is 48.5 Å². The summed E-state index contributed by atoms with van der Waals surface area (Å²) in [4.78, 5) is 0. The van der Waals surface area contributed by atoms with E-state index in [-0.39, 0.29) is 5.92 Å². The Balaban J connectivity index is 1.87. The molecule has 0 heterocycles. The van der Waals surface area contributed by atoms with E-state index in [2.05, 4.69) is 12.1 Å². The Hall–Kier alpha value is -2.78. The van der Waals surface area contributed by atoms with Crippen LogP contribution in [-0.4, -0.2) is 6.61 Å². The minimum absolute atomic E-state index is 0.200. The lowest BCUT2D eigenvalue weighted by molar-refractivity contribution is 0.305. The molecule has 0 aromatic heterocycles. The molecule has 0 saturated heterocycles. The molecule has 110 valence electrons. The first-order valence-corrected chi connectivity index (χ1v) is 7.32. The van der Waals surface area contributed by atoms with Crippen molar-refractivity contribution in [3.63, 3.8) is 0 Å². The van der Waals surface area contributed by atoms with Gasteiger partial charge in [-0.3, -0.25) is 0 Å². The SMILES string of the molecule is Cc1cccc(OCCCC(C#N)c2cccc(C#N)c2)c1. The molecule has 0 aliphatic heterocycles. The molecule has 2 aromatic rings. The highest BCUT2D eigenvalue weighted by Gasteiger charge is 2.11. The van der Waals surface area contributed by atoms with Gasteiger partial charge < -0.3 is 4.74 Å². The first-order valence-electron chi connectivity index (χ1n) is 7.32. The third-order valence-electron chi connectivity index (χ3n) is 3.47. The van der Waals surface area contributed by atoms with E-state index in [0.717, 1.165) is 24.2 Å². The van der Waals surface area contributed by atoms with Crippen LogP contribution in [0.2, 0.25) is 0 Å². The summed E-state index contributed by atoms with van der Waals surface area (Å²) in [6.45, 7) is 2.61. The van der Waals surface area contributed by atoms with Gasteiger partial charge in [-0.15, -0.1) is 0 Å². The van der Waals surface area contributed by atoms with E-state index in [0.29, 0.717) is 12.2 Å². The lowest BCUT2D eigenvalue weighted by Crippen LogP contribution is -2.02. The molecule has 0 aliphatic carbocycles. The van der Waals surface area contributed by atoms with Crippen molar-refractivity contribution in [1.82, 2.24) is 0 Å². The number of aryl methyl sites for hydroxylation is 1. The van der Waals surface area contributed by atoms with E-state index in [1.807, 2.05) is 43.3 Å². The molecule has 2 aromatic carbocycles. The van der Waals surface area contributed by atoms with Crippen molar-refractivity contribution in [2.24, 2.45) is 0 Å². The van der Waals surface area contributed by atoms with Gasteiger partial charge in [0.15, 0.2) is 0 Å². The standard InChI is InChI=1S/C19H18N2O/c1-15-5-2-9-19(11-15)22-10-4-8-18(14-21)17-7-3-6-16(12-17)13-20/h2-3,5-7,9,11-12,18H,4,8,10H2,1H3. The normalized spacial score (nSPS) is 11.2. The summed E-state index contributed by atoms with van der Waals surface area (Å²) in [6, 6.07) is 19.6. The molecule has 0 aliphatic rings. The third-order valence-corrected chi connectivity index (χ3v) is 3.47. The van der Waals surface area contributed by atoms with E-state index >= 15 is 0 Å². The summed E-state index contributed by atoms with van der Waals surface area (Å²) in [7, 11) is 0. The molecular weight excluding hydrogens is 272 g/mol. The Morgan fingerprint density at radius 1 is 1.09 bits per heavy atom. The second kappa shape index (κ2) is 7.86. The fourth-order valence-electron chi connectivity index (χ4n) is 2.31. The Morgan fingerprint density at radius 2 is 1.91 bits per heavy atom. The highest BCUT2D eigenvalue weighted by molar-refractivity contribution is 5.36. The van der Waals surface area contributed by atoms with Crippen molar-refractivity contribution in [2.75, 3.05) is 6.61 Å². The van der Waals surface area contributed by atoms with Crippen LogP contribution in [0.3, 0.4) is 0 Å². The summed E-state index contributed by atoms with van der Waals surface area (Å²) >= 11 is 0. The fraction of sp³-hybridized carbons (Fsp3) is 0.263. The van der Waals surface area contributed by atoms with Crippen molar-refractivity contribution >= 4 is 0 Å². The highest BCUT2D eigenvalue weighted by atomic mass is 16.5. The molecular formula is C19H18N2O. The van der Waals surface area contributed by atoms with Crippen molar-refractivity contribution in [1.29, 1.82) is 10.5 Å². The number of rotatable bonds is 6. The first kappa shape index (κ1) is 15.6. The number of benzene rings is 2. The van der Waals surface area contributed by atoms with Crippen LogP contribution in [0.25, 0.3) is 0 Å². The zero-order chi connectivity index (χ0) is 15.8. The van der Waals surface area contributed by atoms with Crippen LogP contribution >= 0.6 is 0 Å². The number of ether oxygens (including phenoxy) is 1. The van der Waals surface area contributed by atoms with Crippen LogP contribution in [0.4, 0.5) is 0 Å². The molecule has 3 nitrogen and oxygen atoms in total. The molecule has 2 rings (SSSR count). The van der Waals surface area contributed by atoms with Gasteiger partial charge in [-0.05, 0) is 55.2 Å². The molecule has 22 heavy (non-hydrogen) atoms. The molecule has 0 amide bonds. The van der Waals surface area contributed by atoms with E-state index < -0.39 is 0 Å². The second-order valence-electron chi connectivity index (χ2n) is 5.23. The van der Waals surface area contributed by atoms with Crippen molar-refractivity contribution in [3.05, 3.63) is 65.2 Å². The average molecular weight is 290 g/mol. The van der Waals surface area contributed by atoms with Crippen molar-refractivity contribution < 1.29 is 4.74 Å². The molecule has 0 radical (unpaired) electrons. The van der Waals surface area contributed by atoms with Gasteiger partial charge in [0.05, 0.1) is 30.2 Å². The maximum absolute atomic E-state index is 9.32. The summed E-state index contributed by atoms with van der Waals surface area (Å²) in [6.07, 6.45) is 1.51. The number of nitriles is 2. The van der Waals surface area contributed by atoms with Crippen molar-refractivity contribution in [3.8, 4) is 17.9 Å². The number of hydrogen-bond donors (Lipinski definition) is 0. The van der Waals surface area contributed by atoms with Gasteiger partial charge in [0.2, 0.25) is 0 Å². The quantitative estimate of drug-likeness (QED) is 0.744. The maximum Gasteiger partial charge on any atom is 0.119 e. The Labute approximate surface area is 131 Å². The van der Waals surface area contributed by atoms with Crippen LogP contribution < -0.4 is 4.74 Å². The van der Waals surface area contributed by atoms with Gasteiger partial charge in [0, 0.05) is 0 Å². The number of hydrogen-bond acceptors (Lipinski definition) is 3. The van der Waals surface area contributed by atoms with E-state index in [9.17, 15) is 5.26 Å². The van der Waals surface area contributed by atoms with E-state index in [1.54, 1.807) is 12.1 Å². The topological polar surface area (TPSA) is 56.8 Å². The van der Waals surface area contributed by atoms with Gasteiger partial charge in [-0.25, -0.2) is 0 Å². The summed E-state index contributed by atoms with van der Waals surface area (Å²) in [5.41, 5.74) is 2.66. The molecule has 0 N–H and O–H groups in total. The molecule has 0 saturated carbocycles. The summed E-state index contributed by atoms with van der Waals surface area (Å²) in [5, 5.41) is 18.2. The van der Waals surface area contributed by atoms with E-state index in [4.69, 9.17) is 10.00 Å². The minimum Gasteiger partial charge on any atom is -0.494 e. The molecule has 1 atom stereocenters. The Morgan fingerprint density at radius 3 is 2.64 bits per heavy atom. The van der Waals surface area contributed by atoms with Gasteiger partial charge >= 0.3 is 0 Å². The predicted molar refractivity (Wildman–Crippen MR) is 85.4 cm³/mol. The van der Waals surface area contributed by atoms with Gasteiger partial charge in [-0.2, -0.15) is 10.5 Å². The molecule has 0 fully saturated rings. The Kier molecular flexibility index (Phi) is 5.57. The van der Waals surface area contributed by atoms with Crippen molar-refractivity contribution in [2.45, 2.75) is 25.7 Å². The zero-order valence-corrected chi connectivity index (χ0v) is 12.6. The fourth-order valence-corrected chi connectivity index (χ4v) is 2.31. The minimum atomic E-state index is -0.200. The smallest absolute Gasteiger partial charge is 0.119 e. The first-order chi connectivity index (χ1) is 10.7. The molecule has 0 bridgehead atoms. The second-order valence-corrected chi connectivity index (χ2v) is 5.23. The third kappa shape index (κ3) is 4.36. The average Bonchev–Trinajstić information content (AvgIpc) is 2.55. The lowest BCUT2D eigenvalue weighted by atomic mass is 9.94. The van der Waals surface area contributed by atoms with Crippen LogP contribution in [-0.2, 0) is 0 Å². The molecule has 3 heteroatoms. The summed E-state index contributed by atoms with van der Waals surface area (Å²) in [5.74, 6) is 0.661.